The minimum Gasteiger partial charge on any atom is -0.492 e. The van der Waals surface area contributed by atoms with Gasteiger partial charge in [0.2, 0.25) is 5.95 Å². The summed E-state index contributed by atoms with van der Waals surface area (Å²) in [7, 11) is 3.23. The van der Waals surface area contributed by atoms with Gasteiger partial charge in [0.05, 0.1) is 30.8 Å². The molecule has 5 rings (SSSR count). The number of nitrogens with zero attached hydrogens (tertiary/aromatic N) is 3. The van der Waals surface area contributed by atoms with Crippen molar-refractivity contribution in [2.24, 2.45) is 5.41 Å². The third-order valence-electron chi connectivity index (χ3n) is 7.10. The highest BCUT2D eigenvalue weighted by molar-refractivity contribution is 7.64. The number of aromatic nitrogens is 2. The van der Waals surface area contributed by atoms with E-state index in [1.165, 1.54) is 5.30 Å². The molecule has 2 aliphatic rings. The van der Waals surface area contributed by atoms with Crippen molar-refractivity contribution in [2.45, 2.75) is 25.9 Å². The minimum absolute atomic E-state index is 0.287. The van der Waals surface area contributed by atoms with Crippen LogP contribution in [0.2, 0.25) is 5.02 Å². The van der Waals surface area contributed by atoms with Crippen LogP contribution in [0.5, 0.6) is 5.75 Å². The lowest BCUT2D eigenvalue weighted by Gasteiger charge is -2.59. The topological polar surface area (TPSA) is 71.5 Å². The molecule has 0 bridgehead atoms. The van der Waals surface area contributed by atoms with E-state index in [9.17, 15) is 0 Å². The molecule has 190 valence electrons. The highest BCUT2D eigenvalue weighted by Gasteiger charge is 2.53. The normalized spacial score (nSPS) is 16.6. The number of methoxy groups -OCH3 is 2. The number of halogens is 1. The number of para-hydroxylation sites is 1. The fourth-order valence-corrected chi connectivity index (χ4v) is 6.43. The quantitative estimate of drug-likeness (QED) is 0.354. The summed E-state index contributed by atoms with van der Waals surface area (Å²) in [6, 6.07) is 12.5. The van der Waals surface area contributed by atoms with E-state index < -0.39 is 0 Å². The Bertz CT molecular complexity index is 1260. The van der Waals surface area contributed by atoms with Gasteiger partial charge in [-0.3, -0.25) is 0 Å². The smallest absolute Gasteiger partial charge is 0.229 e. The van der Waals surface area contributed by atoms with Gasteiger partial charge < -0.3 is 25.0 Å². The van der Waals surface area contributed by atoms with Crippen molar-refractivity contribution >= 4 is 53.7 Å². The molecule has 1 spiro atoms. The summed E-state index contributed by atoms with van der Waals surface area (Å²) in [4.78, 5) is 11.5. The number of hydrogen-bond donors (Lipinski definition) is 2. The molecule has 1 aliphatic heterocycles. The van der Waals surface area contributed by atoms with Crippen molar-refractivity contribution in [3.8, 4) is 5.75 Å². The van der Waals surface area contributed by atoms with Crippen LogP contribution in [0, 0.1) is 12.3 Å². The predicted molar refractivity (Wildman–Crippen MR) is 151 cm³/mol. The van der Waals surface area contributed by atoms with Crippen molar-refractivity contribution < 1.29 is 9.47 Å². The zero-order valence-electron chi connectivity index (χ0n) is 21.4. The van der Waals surface area contributed by atoms with Crippen molar-refractivity contribution in [3.63, 3.8) is 0 Å². The average molecular weight is 526 g/mol. The molecule has 1 saturated heterocycles. The molecular weight excluding hydrogens is 493 g/mol. The number of aryl methyl sites for hydroxylation is 1. The van der Waals surface area contributed by atoms with Gasteiger partial charge in [0, 0.05) is 31.3 Å². The summed E-state index contributed by atoms with van der Waals surface area (Å²) in [5, 5.41) is 8.51. The first kappa shape index (κ1) is 25.1. The lowest BCUT2D eigenvalue weighted by molar-refractivity contribution is -0.0732. The first-order valence-corrected chi connectivity index (χ1v) is 14.7. The molecule has 1 saturated carbocycles. The summed E-state index contributed by atoms with van der Waals surface area (Å²) < 4.78 is 11.4. The maximum absolute atomic E-state index is 6.47. The second-order valence-corrected chi connectivity index (χ2v) is 12.7. The Morgan fingerprint density at radius 1 is 1.08 bits per heavy atom. The lowest BCUT2D eigenvalue weighted by atomic mass is 9.61. The minimum atomic E-state index is -0.287. The van der Waals surface area contributed by atoms with Gasteiger partial charge in [0.25, 0.3) is 0 Å². The number of hydrogen-bond acceptors (Lipinski definition) is 7. The standard InChI is InChI=1S/C27H33ClN5O2P/c1-17-10-21(24(35-3)22(11-17)33-15-27(16-33)12-18(13-27)34-2)31-26-29-14-19(28)25(32-26)30-20-8-6-7-9-23(20)36(4)5/h6-11,14,18H,12-13,15-16H2,1-5H3,(H2,29,30,31,32). The van der Waals surface area contributed by atoms with Gasteiger partial charge in [-0.1, -0.05) is 37.7 Å². The van der Waals surface area contributed by atoms with Crippen LogP contribution >= 0.6 is 19.5 Å². The van der Waals surface area contributed by atoms with Gasteiger partial charge in [-0.25, -0.2) is 4.98 Å². The van der Waals surface area contributed by atoms with Gasteiger partial charge in [-0.15, -0.1) is 0 Å². The Morgan fingerprint density at radius 2 is 1.83 bits per heavy atom. The number of anilines is 5. The van der Waals surface area contributed by atoms with Crippen LogP contribution < -0.4 is 25.6 Å². The molecule has 1 aliphatic carbocycles. The molecule has 0 amide bonds. The highest BCUT2D eigenvalue weighted by atomic mass is 35.5. The molecule has 7 nitrogen and oxygen atoms in total. The molecule has 0 atom stereocenters. The van der Waals surface area contributed by atoms with E-state index in [0.717, 1.165) is 54.3 Å². The molecule has 2 fully saturated rings. The van der Waals surface area contributed by atoms with E-state index in [-0.39, 0.29) is 7.92 Å². The van der Waals surface area contributed by atoms with Gasteiger partial charge >= 0.3 is 0 Å². The number of benzene rings is 2. The van der Waals surface area contributed by atoms with E-state index in [1.54, 1.807) is 20.4 Å². The number of rotatable bonds is 8. The average Bonchev–Trinajstić information content (AvgIpc) is 2.80. The lowest BCUT2D eigenvalue weighted by Crippen LogP contribution is -2.64. The molecule has 1 aromatic heterocycles. The van der Waals surface area contributed by atoms with Gasteiger partial charge in [-0.2, -0.15) is 4.98 Å². The molecule has 2 N–H and O–H groups in total. The van der Waals surface area contributed by atoms with Gasteiger partial charge in [0.1, 0.15) is 5.02 Å². The van der Waals surface area contributed by atoms with E-state index >= 15 is 0 Å². The summed E-state index contributed by atoms with van der Waals surface area (Å²) >= 11 is 6.47. The second-order valence-electron chi connectivity index (χ2n) is 10.0. The highest BCUT2D eigenvalue weighted by Crippen LogP contribution is 2.53. The number of ether oxygens (including phenoxy) is 2. The zero-order valence-corrected chi connectivity index (χ0v) is 23.1. The summed E-state index contributed by atoms with van der Waals surface area (Å²) in [6.45, 7) is 8.59. The molecular formula is C27H33ClN5O2P. The first-order chi connectivity index (χ1) is 17.3. The molecule has 0 radical (unpaired) electrons. The molecule has 9 heteroatoms. The van der Waals surface area contributed by atoms with E-state index in [2.05, 4.69) is 71.1 Å². The molecule has 2 aromatic carbocycles. The first-order valence-electron chi connectivity index (χ1n) is 12.1. The predicted octanol–water partition coefficient (Wildman–Crippen LogP) is 5.92. The van der Waals surface area contributed by atoms with Crippen LogP contribution in [0.4, 0.5) is 28.8 Å². The number of nitrogens with one attached hydrogen (secondary N) is 2. The van der Waals surface area contributed by atoms with Crippen LogP contribution in [-0.2, 0) is 4.74 Å². The largest absolute Gasteiger partial charge is 0.492 e. The Hall–Kier alpha value is -2.60. The van der Waals surface area contributed by atoms with Gasteiger partial charge in [-0.05, 0) is 62.2 Å². The summed E-state index contributed by atoms with van der Waals surface area (Å²) in [5.41, 5.74) is 4.45. The Labute approximate surface area is 219 Å². The molecule has 36 heavy (non-hydrogen) atoms. The molecule has 2 heterocycles. The Kier molecular flexibility index (Phi) is 6.99. The van der Waals surface area contributed by atoms with Crippen molar-refractivity contribution in [3.05, 3.63) is 53.2 Å². The van der Waals surface area contributed by atoms with Crippen molar-refractivity contribution in [1.82, 2.24) is 9.97 Å². The van der Waals surface area contributed by atoms with Crippen LogP contribution in [0.15, 0.2) is 42.6 Å². The SMILES string of the molecule is COc1c(Nc2ncc(Cl)c(Nc3ccccc3P(C)C)n2)cc(C)cc1N1CC2(CC(OC)C2)C1. The van der Waals surface area contributed by atoms with Crippen LogP contribution in [-0.4, -0.2) is 56.7 Å². The summed E-state index contributed by atoms with van der Waals surface area (Å²) in [5.74, 6) is 1.80. The molecule has 3 aromatic rings. The third kappa shape index (κ3) is 4.84. The second kappa shape index (κ2) is 10.0. The van der Waals surface area contributed by atoms with E-state index in [0.29, 0.717) is 28.3 Å². The molecule has 0 unspecified atom stereocenters. The Balaban J connectivity index is 1.38. The van der Waals surface area contributed by atoms with Crippen LogP contribution in [0.1, 0.15) is 18.4 Å². The monoisotopic (exact) mass is 525 g/mol. The fraction of sp³-hybridized carbons (Fsp3) is 0.407. The van der Waals surface area contributed by atoms with Crippen LogP contribution in [0.25, 0.3) is 0 Å². The van der Waals surface area contributed by atoms with E-state index in [4.69, 9.17) is 26.1 Å². The summed E-state index contributed by atoms with van der Waals surface area (Å²) in [6.07, 6.45) is 4.29. The maximum Gasteiger partial charge on any atom is 0.229 e. The fourth-order valence-electron chi connectivity index (χ4n) is 5.29. The van der Waals surface area contributed by atoms with Crippen molar-refractivity contribution in [1.29, 1.82) is 0 Å². The Morgan fingerprint density at radius 3 is 2.53 bits per heavy atom. The third-order valence-corrected chi connectivity index (χ3v) is 8.73. The maximum atomic E-state index is 6.47. The zero-order chi connectivity index (χ0) is 25.4. The van der Waals surface area contributed by atoms with Crippen LogP contribution in [0.3, 0.4) is 0 Å². The van der Waals surface area contributed by atoms with Crippen molar-refractivity contribution in [2.75, 3.05) is 56.2 Å². The van der Waals surface area contributed by atoms with Gasteiger partial charge in [0.15, 0.2) is 11.6 Å². The van der Waals surface area contributed by atoms with E-state index in [1.807, 2.05) is 6.07 Å².